The zero-order chi connectivity index (χ0) is 31.9. The number of H-pyrrole nitrogens is 1. The van der Waals surface area contributed by atoms with E-state index in [0.29, 0.717) is 25.8 Å². The number of nitrogens with one attached hydrogen (secondary N) is 4. The maximum atomic E-state index is 13.7. The van der Waals surface area contributed by atoms with E-state index < -0.39 is 29.9 Å². The van der Waals surface area contributed by atoms with Crippen LogP contribution in [0.2, 0.25) is 0 Å². The molecule has 236 valence electrons. The standard InChI is InChI=1S/C30H43N11O3/c31-22(11-6-14-36-29(32)33)26(42)40-24(13-7-15-37-30(34)35)28(44)41-25(27(43)39-17-19-8-2-1-3-9-19)16-20-18-38-23-12-5-4-10-21(20)23/h1-5,8-10,12,18,22,24-25,38H,6-7,11,13-17,31H2,(H,39,43)(H,40,42)(H,41,44)(H4,32,33,36)(H4,34,35,37)/t22-,24-,25-/m0/s1. The van der Waals surface area contributed by atoms with Crippen LogP contribution in [0.1, 0.15) is 36.8 Å². The summed E-state index contributed by atoms with van der Waals surface area (Å²) in [6, 6.07) is 14.3. The average Bonchev–Trinajstić information content (AvgIpc) is 3.41. The van der Waals surface area contributed by atoms with Crippen molar-refractivity contribution in [2.24, 2.45) is 38.7 Å². The van der Waals surface area contributed by atoms with Gasteiger partial charge in [-0.2, -0.15) is 0 Å². The molecule has 0 saturated heterocycles. The molecule has 14 heteroatoms. The monoisotopic (exact) mass is 605 g/mol. The second-order valence-corrected chi connectivity index (χ2v) is 10.4. The van der Waals surface area contributed by atoms with E-state index in [9.17, 15) is 14.4 Å². The van der Waals surface area contributed by atoms with Gasteiger partial charge in [0, 0.05) is 43.2 Å². The Labute approximate surface area is 256 Å². The Hall–Kier alpha value is -5.11. The molecule has 0 aliphatic rings. The summed E-state index contributed by atoms with van der Waals surface area (Å²) >= 11 is 0. The molecule has 0 fully saturated rings. The second kappa shape index (κ2) is 17.1. The van der Waals surface area contributed by atoms with Crippen LogP contribution in [0.15, 0.2) is 70.8 Å². The van der Waals surface area contributed by atoms with E-state index in [1.54, 1.807) is 0 Å². The van der Waals surface area contributed by atoms with Crippen LogP contribution in [0.4, 0.5) is 0 Å². The van der Waals surface area contributed by atoms with Gasteiger partial charge in [-0.1, -0.05) is 48.5 Å². The minimum Gasteiger partial charge on any atom is -0.370 e. The second-order valence-electron chi connectivity index (χ2n) is 10.4. The van der Waals surface area contributed by atoms with Crippen LogP contribution in [0, 0.1) is 0 Å². The summed E-state index contributed by atoms with van der Waals surface area (Å²) < 4.78 is 0. The molecule has 3 atom stereocenters. The Morgan fingerprint density at radius 2 is 1.36 bits per heavy atom. The molecule has 0 bridgehead atoms. The Morgan fingerprint density at radius 1 is 0.750 bits per heavy atom. The number of benzene rings is 2. The van der Waals surface area contributed by atoms with Crippen LogP contribution in [0.5, 0.6) is 0 Å². The molecule has 2 aromatic carbocycles. The SMILES string of the molecule is NC(N)=NCCC[C@H](NC(=O)[C@@H](N)CCCN=C(N)N)C(=O)N[C@@H](Cc1c[nH]c2ccccc12)C(=O)NCc1ccccc1. The number of aliphatic imine (C=N–C) groups is 2. The molecule has 0 spiro atoms. The summed E-state index contributed by atoms with van der Waals surface area (Å²) in [6.45, 7) is 0.857. The summed E-state index contributed by atoms with van der Waals surface area (Å²) in [6.07, 6.45) is 3.42. The summed E-state index contributed by atoms with van der Waals surface area (Å²) in [5.74, 6) is -1.54. The van der Waals surface area contributed by atoms with Gasteiger partial charge in [-0.15, -0.1) is 0 Å². The number of rotatable bonds is 17. The lowest BCUT2D eigenvalue weighted by Crippen LogP contribution is -2.56. The van der Waals surface area contributed by atoms with Gasteiger partial charge in [0.15, 0.2) is 11.9 Å². The van der Waals surface area contributed by atoms with Crippen LogP contribution >= 0.6 is 0 Å². The highest BCUT2D eigenvalue weighted by molar-refractivity contribution is 5.93. The summed E-state index contributed by atoms with van der Waals surface area (Å²) in [5.41, 5.74) is 30.3. The van der Waals surface area contributed by atoms with Gasteiger partial charge in [0.1, 0.15) is 12.1 Å². The van der Waals surface area contributed by atoms with E-state index in [4.69, 9.17) is 28.7 Å². The molecule has 0 aliphatic heterocycles. The number of hydrogen-bond acceptors (Lipinski definition) is 6. The molecule has 3 aromatic rings. The van der Waals surface area contributed by atoms with Crippen molar-refractivity contribution in [3.05, 3.63) is 71.9 Å². The van der Waals surface area contributed by atoms with Crippen molar-refractivity contribution in [1.29, 1.82) is 0 Å². The molecule has 14 N–H and O–H groups in total. The van der Waals surface area contributed by atoms with E-state index in [2.05, 4.69) is 30.9 Å². The highest BCUT2D eigenvalue weighted by Crippen LogP contribution is 2.19. The summed E-state index contributed by atoms with van der Waals surface area (Å²) in [4.78, 5) is 51.2. The largest absolute Gasteiger partial charge is 0.370 e. The number of guanidine groups is 2. The number of para-hydroxylation sites is 1. The van der Waals surface area contributed by atoms with Crippen LogP contribution < -0.4 is 44.6 Å². The fraction of sp³-hybridized carbons (Fsp3) is 0.367. The molecule has 0 aliphatic carbocycles. The Morgan fingerprint density at radius 3 is 2.05 bits per heavy atom. The van der Waals surface area contributed by atoms with Gasteiger partial charge >= 0.3 is 0 Å². The summed E-state index contributed by atoms with van der Waals surface area (Å²) in [7, 11) is 0. The predicted molar refractivity (Wildman–Crippen MR) is 172 cm³/mol. The van der Waals surface area contributed by atoms with Crippen LogP contribution in [0.3, 0.4) is 0 Å². The topological polar surface area (TPSA) is 258 Å². The highest BCUT2D eigenvalue weighted by Gasteiger charge is 2.28. The van der Waals surface area contributed by atoms with Gasteiger partial charge < -0.3 is 49.6 Å². The first-order valence-corrected chi connectivity index (χ1v) is 14.5. The Balaban J connectivity index is 1.76. The first-order valence-electron chi connectivity index (χ1n) is 14.5. The quantitative estimate of drug-likeness (QED) is 0.0545. The first-order chi connectivity index (χ1) is 21.1. The van der Waals surface area contributed by atoms with Crippen molar-refractivity contribution >= 4 is 40.5 Å². The smallest absolute Gasteiger partial charge is 0.243 e. The number of aromatic amines is 1. The average molecular weight is 606 g/mol. The molecular weight excluding hydrogens is 562 g/mol. The number of fused-ring (bicyclic) bond motifs is 1. The van der Waals surface area contributed by atoms with Crippen molar-refractivity contribution in [2.45, 2.75) is 56.8 Å². The number of hydrogen-bond donors (Lipinski definition) is 9. The van der Waals surface area contributed by atoms with Gasteiger partial charge in [-0.25, -0.2) is 0 Å². The first kappa shape index (κ1) is 33.4. The molecule has 1 heterocycles. The molecular formula is C30H43N11O3. The van der Waals surface area contributed by atoms with Crippen molar-refractivity contribution in [3.63, 3.8) is 0 Å². The van der Waals surface area contributed by atoms with Gasteiger partial charge in [0.05, 0.1) is 6.04 Å². The zero-order valence-electron chi connectivity index (χ0n) is 24.7. The number of nitrogens with zero attached hydrogens (tertiary/aromatic N) is 2. The number of carbonyl (C=O) groups is 3. The molecule has 0 saturated carbocycles. The molecule has 0 radical (unpaired) electrons. The minimum atomic E-state index is -0.993. The van der Waals surface area contributed by atoms with Crippen molar-refractivity contribution in [2.75, 3.05) is 13.1 Å². The predicted octanol–water partition coefficient (Wildman–Crippen LogP) is -0.569. The lowest BCUT2D eigenvalue weighted by Gasteiger charge is -2.24. The number of amides is 3. The minimum absolute atomic E-state index is 0.0458. The lowest BCUT2D eigenvalue weighted by atomic mass is 10.0. The Bertz CT molecular complexity index is 1430. The fourth-order valence-electron chi connectivity index (χ4n) is 4.61. The van der Waals surface area contributed by atoms with Gasteiger partial charge in [0.25, 0.3) is 0 Å². The molecule has 14 nitrogen and oxygen atoms in total. The third-order valence-corrected chi connectivity index (χ3v) is 6.92. The van der Waals surface area contributed by atoms with E-state index in [1.165, 1.54) is 0 Å². The van der Waals surface area contributed by atoms with Crippen LogP contribution in [0.25, 0.3) is 10.9 Å². The van der Waals surface area contributed by atoms with Crippen molar-refractivity contribution < 1.29 is 14.4 Å². The third kappa shape index (κ3) is 10.9. The van der Waals surface area contributed by atoms with Gasteiger partial charge in [-0.3, -0.25) is 24.4 Å². The van der Waals surface area contributed by atoms with Crippen LogP contribution in [-0.2, 0) is 27.3 Å². The van der Waals surface area contributed by atoms with Gasteiger partial charge in [-0.05, 0) is 42.9 Å². The van der Waals surface area contributed by atoms with E-state index in [-0.39, 0.29) is 43.8 Å². The molecule has 44 heavy (non-hydrogen) atoms. The molecule has 3 amide bonds. The maximum absolute atomic E-state index is 13.7. The lowest BCUT2D eigenvalue weighted by molar-refractivity contribution is -0.132. The molecule has 1 aromatic heterocycles. The van der Waals surface area contributed by atoms with Crippen molar-refractivity contribution in [1.82, 2.24) is 20.9 Å². The molecule has 3 rings (SSSR count). The number of carbonyl (C=O) groups excluding carboxylic acids is 3. The van der Waals surface area contributed by atoms with E-state index in [1.807, 2.05) is 60.8 Å². The van der Waals surface area contributed by atoms with E-state index >= 15 is 0 Å². The fourth-order valence-corrected chi connectivity index (χ4v) is 4.61. The number of nitrogens with two attached hydrogens (primary N) is 5. The Kier molecular flexibility index (Phi) is 13.0. The van der Waals surface area contributed by atoms with Crippen molar-refractivity contribution in [3.8, 4) is 0 Å². The number of aromatic nitrogens is 1. The third-order valence-electron chi connectivity index (χ3n) is 6.92. The van der Waals surface area contributed by atoms with E-state index in [0.717, 1.165) is 22.0 Å². The highest BCUT2D eigenvalue weighted by atomic mass is 16.2. The van der Waals surface area contributed by atoms with Gasteiger partial charge in [0.2, 0.25) is 17.7 Å². The molecule has 0 unspecified atom stereocenters. The normalized spacial score (nSPS) is 12.8. The zero-order valence-corrected chi connectivity index (χ0v) is 24.7. The summed E-state index contributed by atoms with van der Waals surface area (Å²) in [5, 5.41) is 9.46. The van der Waals surface area contributed by atoms with Crippen LogP contribution in [-0.4, -0.2) is 65.8 Å². The maximum Gasteiger partial charge on any atom is 0.243 e.